The van der Waals surface area contributed by atoms with Crippen LogP contribution in [0.1, 0.15) is 72.1 Å². The van der Waals surface area contributed by atoms with E-state index < -0.39 is 12.2 Å². The SMILES string of the molecule is C=Cc1c2[nH]c(c1C)/C=C1\NC(C3=c4[nH]c(c(C)c4=C(O)[C@@H]3C(O)OC)/C=c3\[nH]/c(c(C)c3CC)=C\2)[C@@H](CC)[C@@H]1C. The lowest BCUT2D eigenvalue weighted by Gasteiger charge is -2.28. The van der Waals surface area contributed by atoms with Gasteiger partial charge in [0.05, 0.1) is 17.3 Å². The van der Waals surface area contributed by atoms with Gasteiger partial charge in [-0.2, -0.15) is 0 Å². The Morgan fingerprint density at radius 3 is 2.34 bits per heavy atom. The molecule has 7 heteroatoms. The summed E-state index contributed by atoms with van der Waals surface area (Å²) in [6, 6.07) is -0.0935. The van der Waals surface area contributed by atoms with E-state index in [9.17, 15) is 10.2 Å². The van der Waals surface area contributed by atoms with Crippen molar-refractivity contribution in [3.63, 3.8) is 0 Å². The molecule has 2 aliphatic heterocycles. The van der Waals surface area contributed by atoms with Crippen molar-refractivity contribution in [2.45, 2.75) is 66.7 Å². The molecule has 216 valence electrons. The van der Waals surface area contributed by atoms with Crippen molar-refractivity contribution in [2.24, 2.45) is 17.8 Å². The number of rotatable bonds is 5. The van der Waals surface area contributed by atoms with Crippen LogP contribution < -0.4 is 26.6 Å². The Labute approximate surface area is 240 Å². The highest BCUT2D eigenvalue weighted by molar-refractivity contribution is 5.75. The topological polar surface area (TPSA) is 109 Å². The summed E-state index contributed by atoms with van der Waals surface area (Å²) in [6.45, 7) is 17.1. The van der Waals surface area contributed by atoms with Crippen LogP contribution in [-0.4, -0.2) is 44.6 Å². The zero-order chi connectivity index (χ0) is 29.3. The molecule has 0 spiro atoms. The van der Waals surface area contributed by atoms with Gasteiger partial charge in [-0.15, -0.1) is 0 Å². The smallest absolute Gasteiger partial charge is 0.167 e. The third-order valence-electron chi connectivity index (χ3n) is 9.93. The van der Waals surface area contributed by atoms with Gasteiger partial charge in [0.2, 0.25) is 0 Å². The summed E-state index contributed by atoms with van der Waals surface area (Å²) in [6.07, 6.45) is 9.16. The average molecular weight is 555 g/mol. The van der Waals surface area contributed by atoms with Crippen LogP contribution in [0.3, 0.4) is 0 Å². The van der Waals surface area contributed by atoms with E-state index in [1.165, 1.54) is 18.2 Å². The lowest BCUT2D eigenvalue weighted by atomic mass is 9.81. The number of hydrogen-bond donors (Lipinski definition) is 6. The summed E-state index contributed by atoms with van der Waals surface area (Å²) in [5.41, 5.74) is 10.8. The Morgan fingerprint density at radius 2 is 1.68 bits per heavy atom. The van der Waals surface area contributed by atoms with Gasteiger partial charge in [0, 0.05) is 57.3 Å². The van der Waals surface area contributed by atoms with Gasteiger partial charge in [-0.1, -0.05) is 39.8 Å². The summed E-state index contributed by atoms with van der Waals surface area (Å²) in [5.74, 6) is 0.00292. The van der Waals surface area contributed by atoms with E-state index in [1.807, 2.05) is 13.0 Å². The second-order valence-electron chi connectivity index (χ2n) is 11.8. The highest BCUT2D eigenvalue weighted by Crippen LogP contribution is 2.42. The van der Waals surface area contributed by atoms with Crippen LogP contribution in [0.5, 0.6) is 0 Å². The molecule has 8 bridgehead atoms. The largest absolute Gasteiger partial charge is 0.511 e. The maximum atomic E-state index is 11.6. The molecule has 3 aliphatic rings. The van der Waals surface area contributed by atoms with Crippen LogP contribution in [-0.2, 0) is 11.2 Å². The molecule has 3 aromatic rings. The van der Waals surface area contributed by atoms with E-state index in [4.69, 9.17) is 4.74 Å². The van der Waals surface area contributed by atoms with E-state index in [1.54, 1.807) is 0 Å². The minimum atomic E-state index is -1.16. The number of nitrogens with one attached hydrogen (secondary N) is 4. The molecule has 5 heterocycles. The summed E-state index contributed by atoms with van der Waals surface area (Å²) in [5, 5.41) is 30.3. The van der Waals surface area contributed by atoms with Crippen LogP contribution in [0.4, 0.5) is 0 Å². The maximum absolute atomic E-state index is 11.6. The first-order chi connectivity index (χ1) is 19.6. The first-order valence-corrected chi connectivity index (χ1v) is 14.8. The van der Waals surface area contributed by atoms with E-state index in [-0.39, 0.29) is 23.6 Å². The molecule has 7 nitrogen and oxygen atoms in total. The van der Waals surface area contributed by atoms with Crippen molar-refractivity contribution < 1.29 is 14.9 Å². The number of aromatic nitrogens is 3. The summed E-state index contributed by atoms with van der Waals surface area (Å²) in [7, 11) is 1.48. The predicted octanol–water partition coefficient (Wildman–Crippen LogP) is 2.86. The average Bonchev–Trinajstić information content (AvgIpc) is 3.69. The van der Waals surface area contributed by atoms with E-state index >= 15 is 0 Å². The van der Waals surface area contributed by atoms with Gasteiger partial charge < -0.3 is 35.2 Å². The van der Waals surface area contributed by atoms with Crippen LogP contribution in [0.15, 0.2) is 12.3 Å². The first-order valence-electron chi connectivity index (χ1n) is 14.8. The lowest BCUT2D eigenvalue weighted by Crippen LogP contribution is -2.38. The third kappa shape index (κ3) is 3.93. The molecular weight excluding hydrogens is 512 g/mol. The standard InChI is InChI=1S/C34H42N4O3/c1-9-19-15(4)22-12-24-17(6)21(11-3)31(37-24)29-30(34(40)41-8)33(39)28-18(7)25(38-32(28)29)14-27-20(10-2)16(5)23(36-27)13-26(19)35-22/h9,12-14,17,21,30-31,34-40H,1,10-11H2,2-8H3/b23-13-,24-12-,27-14-/t17-,21-,30+,31?,34?/m0/s1. The predicted molar refractivity (Wildman–Crippen MR) is 165 cm³/mol. The Hall–Kier alpha value is -3.68. The molecule has 41 heavy (non-hydrogen) atoms. The second-order valence-corrected chi connectivity index (χ2v) is 11.8. The zero-order valence-electron chi connectivity index (χ0n) is 25.1. The van der Waals surface area contributed by atoms with Gasteiger partial charge in [0.1, 0.15) is 5.76 Å². The van der Waals surface area contributed by atoms with Gasteiger partial charge in [0.25, 0.3) is 0 Å². The van der Waals surface area contributed by atoms with Crippen LogP contribution in [0.25, 0.3) is 35.6 Å². The lowest BCUT2D eigenvalue weighted by molar-refractivity contribution is -0.0900. The van der Waals surface area contributed by atoms with E-state index in [2.05, 4.69) is 79.7 Å². The van der Waals surface area contributed by atoms with Crippen molar-refractivity contribution in [1.82, 2.24) is 20.3 Å². The molecule has 3 aromatic heterocycles. The summed E-state index contributed by atoms with van der Waals surface area (Å²) < 4.78 is 5.43. The number of fused-ring (bicyclic) bond motifs is 8. The molecule has 6 N–H and O–H groups in total. The van der Waals surface area contributed by atoms with E-state index in [0.29, 0.717) is 0 Å². The number of aromatic amines is 3. The minimum absolute atomic E-state index is 0.0935. The van der Waals surface area contributed by atoms with Crippen LogP contribution >= 0.6 is 0 Å². The number of allylic oxidation sites excluding steroid dienone is 1. The maximum Gasteiger partial charge on any atom is 0.167 e. The van der Waals surface area contributed by atoms with Gasteiger partial charge in [-0.05, 0) is 79.2 Å². The number of methoxy groups -OCH3 is 1. The molecular formula is C34H42N4O3. The molecule has 1 aliphatic carbocycles. The number of aliphatic hydroxyl groups excluding tert-OH is 2. The fraction of sp³-hybridized carbons (Fsp3) is 0.412. The molecule has 0 aromatic carbocycles. The minimum Gasteiger partial charge on any atom is -0.511 e. The Kier molecular flexibility index (Phi) is 6.70. The third-order valence-corrected chi connectivity index (χ3v) is 9.93. The van der Waals surface area contributed by atoms with Gasteiger partial charge in [-0.3, -0.25) is 0 Å². The molecule has 1 saturated heterocycles. The fourth-order valence-electron chi connectivity index (χ4n) is 7.55. The van der Waals surface area contributed by atoms with Crippen LogP contribution in [0, 0.1) is 38.5 Å². The normalized spacial score (nSPS) is 26.6. The van der Waals surface area contributed by atoms with Crippen molar-refractivity contribution in [3.8, 4) is 0 Å². The van der Waals surface area contributed by atoms with Crippen LogP contribution in [0.2, 0.25) is 0 Å². The molecule has 5 atom stereocenters. The van der Waals surface area contributed by atoms with Gasteiger partial charge in [-0.25, -0.2) is 0 Å². The van der Waals surface area contributed by atoms with E-state index in [0.717, 1.165) is 79.1 Å². The molecule has 6 rings (SSSR count). The zero-order valence-corrected chi connectivity index (χ0v) is 25.1. The van der Waals surface area contributed by atoms with Crippen molar-refractivity contribution in [2.75, 3.05) is 7.11 Å². The first kappa shape index (κ1) is 27.5. The summed E-state index contributed by atoms with van der Waals surface area (Å²) >= 11 is 0. The quantitative estimate of drug-likeness (QED) is 0.273. The Morgan fingerprint density at radius 1 is 0.976 bits per heavy atom. The van der Waals surface area contributed by atoms with Gasteiger partial charge >= 0.3 is 0 Å². The van der Waals surface area contributed by atoms with Crippen molar-refractivity contribution in [1.29, 1.82) is 0 Å². The number of hydrogen-bond acceptors (Lipinski definition) is 4. The number of H-pyrrole nitrogens is 3. The van der Waals surface area contributed by atoms with Crippen molar-refractivity contribution >= 4 is 35.6 Å². The molecule has 0 amide bonds. The molecule has 2 unspecified atom stereocenters. The molecule has 0 saturated carbocycles. The Bertz CT molecular complexity index is 1850. The summed E-state index contributed by atoms with van der Waals surface area (Å²) in [4.78, 5) is 11.0. The van der Waals surface area contributed by atoms with Gasteiger partial charge in [0.15, 0.2) is 6.29 Å². The molecule has 0 radical (unpaired) electrons. The highest BCUT2D eigenvalue weighted by atomic mass is 16.6. The monoisotopic (exact) mass is 554 g/mol. The van der Waals surface area contributed by atoms with Crippen molar-refractivity contribution in [3.05, 3.63) is 78.4 Å². The highest BCUT2D eigenvalue weighted by Gasteiger charge is 2.45. The number of aliphatic hydroxyl groups is 2. The fourth-order valence-corrected chi connectivity index (χ4v) is 7.55. The second kappa shape index (κ2) is 10.00. The Balaban J connectivity index is 1.75. The molecule has 1 fully saturated rings. The number of ether oxygens (including phenoxy) is 1.